The van der Waals surface area contributed by atoms with E-state index in [0.717, 1.165) is 52.9 Å². The SMILES string of the molecule is Cc1cc(NC(=O)N2CCCC(/C(N)=C3/[NH2+]C=Nc4[nH]ccc43)C2)sn1. The van der Waals surface area contributed by atoms with Crippen LogP contribution in [0.2, 0.25) is 0 Å². The van der Waals surface area contributed by atoms with Gasteiger partial charge in [0, 0.05) is 25.2 Å². The molecule has 2 aromatic heterocycles. The van der Waals surface area contributed by atoms with Crippen LogP contribution in [-0.2, 0) is 0 Å². The summed E-state index contributed by atoms with van der Waals surface area (Å²) in [6, 6.07) is 3.78. The molecule has 0 bridgehead atoms. The average Bonchev–Trinajstić information content (AvgIpc) is 3.29. The molecule has 1 fully saturated rings. The fourth-order valence-electron chi connectivity index (χ4n) is 3.45. The van der Waals surface area contributed by atoms with E-state index in [-0.39, 0.29) is 11.9 Å². The number of nitrogens with zero attached hydrogens (tertiary/aromatic N) is 3. The number of nitrogens with one attached hydrogen (secondary N) is 2. The Bertz CT molecular complexity index is 881. The number of piperidine rings is 1. The van der Waals surface area contributed by atoms with E-state index in [1.54, 1.807) is 6.34 Å². The third-order valence-corrected chi connectivity index (χ3v) is 5.57. The molecule has 9 heteroatoms. The lowest BCUT2D eigenvalue weighted by molar-refractivity contribution is -0.425. The number of aliphatic imine (C=N–C) groups is 1. The number of aryl methyl sites for hydroxylation is 1. The van der Waals surface area contributed by atoms with Gasteiger partial charge in [-0.15, -0.1) is 0 Å². The Hall–Kier alpha value is -2.65. The van der Waals surface area contributed by atoms with Gasteiger partial charge in [-0.25, -0.2) is 4.79 Å². The summed E-state index contributed by atoms with van der Waals surface area (Å²) in [4.78, 5) is 21.9. The van der Waals surface area contributed by atoms with E-state index in [4.69, 9.17) is 5.73 Å². The van der Waals surface area contributed by atoms with Crippen molar-refractivity contribution in [1.29, 1.82) is 0 Å². The number of aromatic nitrogens is 2. The summed E-state index contributed by atoms with van der Waals surface area (Å²) >= 11 is 1.30. The molecule has 26 heavy (non-hydrogen) atoms. The number of quaternary nitrogens is 1. The van der Waals surface area contributed by atoms with Crippen LogP contribution in [0.1, 0.15) is 24.1 Å². The predicted octanol–water partition coefficient (Wildman–Crippen LogP) is 1.59. The Morgan fingerprint density at radius 1 is 1.54 bits per heavy atom. The van der Waals surface area contributed by atoms with Gasteiger partial charge in [-0.3, -0.25) is 10.6 Å². The second kappa shape index (κ2) is 6.93. The van der Waals surface area contributed by atoms with Gasteiger partial charge < -0.3 is 15.6 Å². The van der Waals surface area contributed by atoms with Crippen molar-refractivity contribution in [2.24, 2.45) is 16.6 Å². The largest absolute Gasteiger partial charge is 0.397 e. The standard InChI is InChI=1S/C17H21N7OS/c1-10-7-13(26-23-10)22-17(25)24-6-2-3-11(8-24)14(18)15-12-4-5-19-16(12)21-9-20-15/h4-5,7,9,11,19H,2-3,6,8,18H2,1H3,(H,20,21)(H,22,25)/p+1/b15-14-. The number of likely N-dealkylation sites (tertiary alicyclic amines) is 1. The Morgan fingerprint density at radius 3 is 3.23 bits per heavy atom. The monoisotopic (exact) mass is 372 g/mol. The van der Waals surface area contributed by atoms with Gasteiger partial charge >= 0.3 is 6.03 Å². The van der Waals surface area contributed by atoms with Crippen molar-refractivity contribution < 1.29 is 10.1 Å². The molecule has 1 atom stereocenters. The number of rotatable bonds is 2. The first-order chi connectivity index (χ1) is 12.6. The second-order valence-electron chi connectivity index (χ2n) is 6.60. The van der Waals surface area contributed by atoms with Gasteiger partial charge in [0.25, 0.3) is 0 Å². The number of nitrogens with two attached hydrogens (primary N) is 2. The number of carbonyl (C=O) groups is 1. The first-order valence-corrected chi connectivity index (χ1v) is 9.43. The van der Waals surface area contributed by atoms with Crippen LogP contribution in [0.3, 0.4) is 0 Å². The van der Waals surface area contributed by atoms with E-state index in [9.17, 15) is 4.79 Å². The number of carbonyl (C=O) groups excluding carboxylic acids is 1. The quantitative estimate of drug-likeness (QED) is 0.641. The van der Waals surface area contributed by atoms with Crippen LogP contribution in [-0.4, -0.2) is 39.7 Å². The minimum absolute atomic E-state index is 0.0901. The summed E-state index contributed by atoms with van der Waals surface area (Å²) < 4.78 is 4.20. The third-order valence-electron chi connectivity index (χ3n) is 4.78. The number of anilines is 1. The van der Waals surface area contributed by atoms with Crippen LogP contribution in [0, 0.1) is 12.8 Å². The molecule has 2 aromatic rings. The van der Waals surface area contributed by atoms with Crippen molar-refractivity contribution in [2.45, 2.75) is 19.8 Å². The number of amides is 2. The minimum atomic E-state index is -0.0901. The van der Waals surface area contributed by atoms with Crippen molar-refractivity contribution in [3.63, 3.8) is 0 Å². The van der Waals surface area contributed by atoms with Crippen molar-refractivity contribution in [3.05, 3.63) is 35.3 Å². The van der Waals surface area contributed by atoms with Gasteiger partial charge in [0.05, 0.1) is 17.0 Å². The molecule has 0 aliphatic carbocycles. The molecule has 6 N–H and O–H groups in total. The summed E-state index contributed by atoms with van der Waals surface area (Å²) in [5.74, 6) is 0.967. The summed E-state index contributed by atoms with van der Waals surface area (Å²) in [5, 5.41) is 5.66. The number of H-pyrrole nitrogens is 1. The Balaban J connectivity index is 1.49. The predicted molar refractivity (Wildman–Crippen MR) is 102 cm³/mol. The highest BCUT2D eigenvalue weighted by Gasteiger charge is 2.30. The topological polar surface area (TPSA) is 116 Å². The lowest BCUT2D eigenvalue weighted by Crippen LogP contribution is -2.81. The molecule has 0 aromatic carbocycles. The number of aromatic amines is 1. The fraction of sp³-hybridized carbons (Fsp3) is 0.353. The normalized spacial score (nSPS) is 21.4. The summed E-state index contributed by atoms with van der Waals surface area (Å²) in [6.07, 6.45) is 5.54. The van der Waals surface area contributed by atoms with E-state index in [1.807, 2.05) is 35.5 Å². The number of hydrogen-bond donors (Lipinski definition) is 4. The van der Waals surface area contributed by atoms with Crippen molar-refractivity contribution in [2.75, 3.05) is 18.4 Å². The zero-order valence-corrected chi connectivity index (χ0v) is 15.3. The third kappa shape index (κ3) is 3.23. The van der Waals surface area contributed by atoms with Crippen LogP contribution < -0.4 is 16.4 Å². The number of urea groups is 1. The van der Waals surface area contributed by atoms with E-state index >= 15 is 0 Å². The van der Waals surface area contributed by atoms with Gasteiger partial charge in [-0.05, 0) is 43.4 Å². The second-order valence-corrected chi connectivity index (χ2v) is 7.41. The highest BCUT2D eigenvalue weighted by molar-refractivity contribution is 7.10. The highest BCUT2D eigenvalue weighted by atomic mass is 32.1. The molecule has 136 valence electrons. The Morgan fingerprint density at radius 2 is 2.42 bits per heavy atom. The molecule has 2 amide bonds. The van der Waals surface area contributed by atoms with Gasteiger partial charge in [-0.2, -0.15) is 9.37 Å². The highest BCUT2D eigenvalue weighted by Crippen LogP contribution is 2.29. The molecule has 4 heterocycles. The molecule has 0 radical (unpaired) electrons. The zero-order valence-electron chi connectivity index (χ0n) is 14.5. The molecule has 0 spiro atoms. The Kier molecular flexibility index (Phi) is 4.48. The van der Waals surface area contributed by atoms with E-state index in [0.29, 0.717) is 6.54 Å². The van der Waals surface area contributed by atoms with Crippen LogP contribution >= 0.6 is 11.5 Å². The van der Waals surface area contributed by atoms with E-state index < -0.39 is 0 Å². The lowest BCUT2D eigenvalue weighted by atomic mass is 9.92. The van der Waals surface area contributed by atoms with Crippen LogP contribution in [0.15, 0.2) is 29.0 Å². The zero-order chi connectivity index (χ0) is 18.1. The maximum absolute atomic E-state index is 12.6. The molecule has 1 saturated heterocycles. The first kappa shape index (κ1) is 16.8. The van der Waals surface area contributed by atoms with E-state index in [2.05, 4.69) is 19.7 Å². The minimum Gasteiger partial charge on any atom is -0.397 e. The van der Waals surface area contributed by atoms with Crippen molar-refractivity contribution in [3.8, 4) is 0 Å². The average molecular weight is 372 g/mol. The summed E-state index contributed by atoms with van der Waals surface area (Å²) in [6.45, 7) is 3.27. The smallest absolute Gasteiger partial charge is 0.322 e. The molecule has 2 aliphatic rings. The molecule has 0 saturated carbocycles. The van der Waals surface area contributed by atoms with Crippen LogP contribution in [0.25, 0.3) is 5.70 Å². The number of fused-ring (bicyclic) bond motifs is 1. The molecular weight excluding hydrogens is 350 g/mol. The maximum atomic E-state index is 12.6. The van der Waals surface area contributed by atoms with E-state index in [1.165, 1.54) is 11.5 Å². The van der Waals surface area contributed by atoms with Gasteiger partial charge in [-0.1, -0.05) is 0 Å². The van der Waals surface area contributed by atoms with Gasteiger partial charge in [0.1, 0.15) is 10.8 Å². The van der Waals surface area contributed by atoms with Crippen LogP contribution in [0.5, 0.6) is 0 Å². The first-order valence-electron chi connectivity index (χ1n) is 8.66. The summed E-state index contributed by atoms with van der Waals surface area (Å²) in [7, 11) is 0. The maximum Gasteiger partial charge on any atom is 0.322 e. The van der Waals surface area contributed by atoms with Gasteiger partial charge in [0.2, 0.25) is 0 Å². The molecule has 4 rings (SSSR count). The fourth-order valence-corrected chi connectivity index (χ4v) is 4.11. The Labute approximate surface area is 155 Å². The molecule has 1 unspecified atom stereocenters. The van der Waals surface area contributed by atoms with Crippen LogP contribution in [0.4, 0.5) is 15.6 Å². The van der Waals surface area contributed by atoms with Crippen molar-refractivity contribution in [1.82, 2.24) is 14.3 Å². The molecule has 8 nitrogen and oxygen atoms in total. The van der Waals surface area contributed by atoms with Gasteiger partial charge in [0.15, 0.2) is 12.0 Å². The summed E-state index contributed by atoms with van der Waals surface area (Å²) in [5.41, 5.74) is 10.3. The van der Waals surface area contributed by atoms with Crippen molar-refractivity contribution >= 4 is 40.4 Å². The molecule has 2 aliphatic heterocycles. The number of hydrogen-bond acceptors (Lipinski definition) is 5. The lowest BCUT2D eigenvalue weighted by Gasteiger charge is -2.33. The molecular formula is C17H22N7OS+.